The first-order chi connectivity index (χ1) is 11.5. The van der Waals surface area contributed by atoms with Gasteiger partial charge in [-0.15, -0.1) is 0 Å². The maximum absolute atomic E-state index is 13.4. The Morgan fingerprint density at radius 2 is 2.00 bits per heavy atom. The summed E-state index contributed by atoms with van der Waals surface area (Å²) in [6, 6.07) is 12.0. The smallest absolute Gasteiger partial charge is 0.291 e. The average molecular weight is 325 g/mol. The molecule has 24 heavy (non-hydrogen) atoms. The van der Waals surface area contributed by atoms with Gasteiger partial charge in [0.15, 0.2) is 5.76 Å². The van der Waals surface area contributed by atoms with Gasteiger partial charge in [-0.05, 0) is 49.1 Å². The van der Waals surface area contributed by atoms with E-state index in [9.17, 15) is 9.18 Å². The summed E-state index contributed by atoms with van der Waals surface area (Å²) in [5.41, 5.74) is 3.02. The number of halogens is 1. The van der Waals surface area contributed by atoms with E-state index in [-0.39, 0.29) is 17.5 Å². The number of anilines is 1. The summed E-state index contributed by atoms with van der Waals surface area (Å²) in [6.45, 7) is 6.00. The molecule has 1 N–H and O–H groups in total. The van der Waals surface area contributed by atoms with Gasteiger partial charge >= 0.3 is 0 Å². The number of hydrogen-bond acceptors (Lipinski definition) is 2. The molecule has 1 heterocycles. The highest BCUT2D eigenvalue weighted by Gasteiger charge is 2.19. The number of rotatable bonds is 4. The predicted octanol–water partition coefficient (Wildman–Crippen LogP) is 5.65. The van der Waals surface area contributed by atoms with Crippen molar-refractivity contribution in [3.63, 3.8) is 0 Å². The van der Waals surface area contributed by atoms with Gasteiger partial charge in [-0.1, -0.05) is 32.0 Å². The molecule has 2 aromatic carbocycles. The lowest BCUT2D eigenvalue weighted by molar-refractivity contribution is 0.0998. The third kappa shape index (κ3) is 2.92. The molecule has 0 fully saturated rings. The standard InChI is InChI=1S/C20H20FNO2/c1-4-12(2)15-7-5-6-8-17(15)22-20(23)19-13(3)16-11-14(21)9-10-18(16)24-19/h5-12H,4H2,1-3H3,(H,22,23)/t12-/m1/s1. The fraction of sp³-hybridized carbons (Fsp3) is 0.250. The fourth-order valence-corrected chi connectivity index (χ4v) is 2.85. The molecule has 3 nitrogen and oxygen atoms in total. The van der Waals surface area contributed by atoms with Gasteiger partial charge in [-0.25, -0.2) is 4.39 Å². The van der Waals surface area contributed by atoms with Crippen LogP contribution >= 0.6 is 0 Å². The van der Waals surface area contributed by atoms with E-state index in [1.54, 1.807) is 13.0 Å². The van der Waals surface area contributed by atoms with Crippen molar-refractivity contribution in [1.29, 1.82) is 0 Å². The number of benzene rings is 2. The second-order valence-electron chi connectivity index (χ2n) is 6.05. The molecule has 0 saturated heterocycles. The Hall–Kier alpha value is -2.62. The van der Waals surface area contributed by atoms with Crippen molar-refractivity contribution in [2.75, 3.05) is 5.32 Å². The van der Waals surface area contributed by atoms with Gasteiger partial charge in [0.25, 0.3) is 5.91 Å². The lowest BCUT2D eigenvalue weighted by atomic mass is 9.97. The first-order valence-electron chi connectivity index (χ1n) is 8.10. The summed E-state index contributed by atoms with van der Waals surface area (Å²) in [4.78, 5) is 12.7. The van der Waals surface area contributed by atoms with Crippen LogP contribution in [-0.2, 0) is 0 Å². The van der Waals surface area contributed by atoms with Crippen LogP contribution in [0.2, 0.25) is 0 Å². The second kappa shape index (κ2) is 6.48. The molecule has 0 spiro atoms. The highest BCUT2D eigenvalue weighted by molar-refractivity contribution is 6.06. The number of para-hydroxylation sites is 1. The topological polar surface area (TPSA) is 42.2 Å². The lowest BCUT2D eigenvalue weighted by Crippen LogP contribution is -2.14. The van der Waals surface area contributed by atoms with Gasteiger partial charge in [0.05, 0.1) is 0 Å². The van der Waals surface area contributed by atoms with Gasteiger partial charge in [-0.3, -0.25) is 4.79 Å². The van der Waals surface area contributed by atoms with Crippen molar-refractivity contribution in [3.8, 4) is 0 Å². The Morgan fingerprint density at radius 1 is 1.25 bits per heavy atom. The highest BCUT2D eigenvalue weighted by atomic mass is 19.1. The van der Waals surface area contributed by atoms with Gasteiger partial charge in [0.1, 0.15) is 11.4 Å². The molecular formula is C20H20FNO2. The van der Waals surface area contributed by atoms with Gasteiger partial charge < -0.3 is 9.73 Å². The number of fused-ring (bicyclic) bond motifs is 1. The molecule has 1 amide bonds. The van der Waals surface area contributed by atoms with Crippen LogP contribution in [0.15, 0.2) is 46.9 Å². The van der Waals surface area contributed by atoms with Crippen molar-refractivity contribution < 1.29 is 13.6 Å². The number of carbonyl (C=O) groups is 1. The largest absolute Gasteiger partial charge is 0.451 e. The molecule has 124 valence electrons. The minimum Gasteiger partial charge on any atom is -0.451 e. The molecule has 1 aromatic heterocycles. The van der Waals surface area contributed by atoms with Crippen molar-refractivity contribution in [3.05, 3.63) is 65.2 Å². The second-order valence-corrected chi connectivity index (χ2v) is 6.05. The zero-order valence-electron chi connectivity index (χ0n) is 14.0. The van der Waals surface area contributed by atoms with Crippen LogP contribution in [-0.4, -0.2) is 5.91 Å². The summed E-state index contributed by atoms with van der Waals surface area (Å²) >= 11 is 0. The van der Waals surface area contributed by atoms with Crippen LogP contribution in [0.5, 0.6) is 0 Å². The summed E-state index contributed by atoms with van der Waals surface area (Å²) in [5, 5.41) is 3.55. The molecule has 0 unspecified atom stereocenters. The Balaban J connectivity index is 1.95. The zero-order chi connectivity index (χ0) is 17.3. The summed E-state index contributed by atoms with van der Waals surface area (Å²) < 4.78 is 19.0. The van der Waals surface area contributed by atoms with E-state index >= 15 is 0 Å². The Kier molecular flexibility index (Phi) is 4.38. The van der Waals surface area contributed by atoms with Crippen molar-refractivity contribution >= 4 is 22.6 Å². The van der Waals surface area contributed by atoms with E-state index in [2.05, 4.69) is 19.2 Å². The first kappa shape index (κ1) is 16.2. The third-order valence-electron chi connectivity index (χ3n) is 4.46. The Morgan fingerprint density at radius 3 is 2.75 bits per heavy atom. The quantitative estimate of drug-likeness (QED) is 0.674. The molecule has 3 aromatic rings. The lowest BCUT2D eigenvalue weighted by Gasteiger charge is -2.15. The molecule has 0 aliphatic heterocycles. The maximum Gasteiger partial charge on any atom is 0.291 e. The number of furan rings is 1. The molecule has 1 atom stereocenters. The van der Waals surface area contributed by atoms with Crippen LogP contribution in [0.25, 0.3) is 11.0 Å². The maximum atomic E-state index is 13.4. The molecule has 3 rings (SSSR count). The van der Waals surface area contributed by atoms with Gasteiger partial charge in [0.2, 0.25) is 0 Å². The summed E-state index contributed by atoms with van der Waals surface area (Å²) in [5.74, 6) is -0.109. The summed E-state index contributed by atoms with van der Waals surface area (Å²) in [7, 11) is 0. The molecule has 0 aliphatic rings. The predicted molar refractivity (Wildman–Crippen MR) is 94.0 cm³/mol. The molecule has 4 heteroatoms. The Labute approximate surface area is 140 Å². The monoisotopic (exact) mass is 325 g/mol. The SMILES string of the molecule is CC[C@@H](C)c1ccccc1NC(=O)c1oc2ccc(F)cc2c1C. The normalized spacial score (nSPS) is 12.3. The van der Waals surface area contributed by atoms with Crippen LogP contribution in [0.1, 0.15) is 47.9 Å². The number of carbonyl (C=O) groups excluding carboxylic acids is 1. The Bertz CT molecular complexity index is 898. The third-order valence-corrected chi connectivity index (χ3v) is 4.46. The number of nitrogens with one attached hydrogen (secondary N) is 1. The van der Waals surface area contributed by atoms with Crippen LogP contribution in [0, 0.1) is 12.7 Å². The van der Waals surface area contributed by atoms with E-state index in [0.717, 1.165) is 17.7 Å². The molecule has 0 aliphatic carbocycles. The minimum atomic E-state index is -0.347. The van der Waals surface area contributed by atoms with Crippen LogP contribution in [0.4, 0.5) is 10.1 Å². The average Bonchev–Trinajstić information content (AvgIpc) is 2.91. The number of aryl methyl sites for hydroxylation is 1. The van der Waals surface area contributed by atoms with E-state index < -0.39 is 0 Å². The van der Waals surface area contributed by atoms with Crippen LogP contribution < -0.4 is 5.32 Å². The minimum absolute atomic E-state index is 0.217. The van der Waals surface area contributed by atoms with Gasteiger partial charge in [0, 0.05) is 16.6 Å². The fourth-order valence-electron chi connectivity index (χ4n) is 2.85. The van der Waals surface area contributed by atoms with Crippen LogP contribution in [0.3, 0.4) is 0 Å². The molecule has 0 radical (unpaired) electrons. The van der Waals surface area contributed by atoms with Crippen molar-refractivity contribution in [2.45, 2.75) is 33.1 Å². The van der Waals surface area contributed by atoms with E-state index in [1.165, 1.54) is 12.1 Å². The van der Waals surface area contributed by atoms with E-state index in [0.29, 0.717) is 22.5 Å². The van der Waals surface area contributed by atoms with E-state index in [4.69, 9.17) is 4.42 Å². The van der Waals surface area contributed by atoms with E-state index in [1.807, 2.05) is 24.3 Å². The van der Waals surface area contributed by atoms with Gasteiger partial charge in [-0.2, -0.15) is 0 Å². The molecule has 0 bridgehead atoms. The molecular weight excluding hydrogens is 305 g/mol. The first-order valence-corrected chi connectivity index (χ1v) is 8.10. The molecule has 0 saturated carbocycles. The van der Waals surface area contributed by atoms with Crippen molar-refractivity contribution in [1.82, 2.24) is 0 Å². The zero-order valence-corrected chi connectivity index (χ0v) is 14.0. The summed E-state index contributed by atoms with van der Waals surface area (Å²) in [6.07, 6.45) is 0.982. The highest BCUT2D eigenvalue weighted by Crippen LogP contribution is 2.29. The van der Waals surface area contributed by atoms with Crippen molar-refractivity contribution in [2.24, 2.45) is 0 Å². The number of hydrogen-bond donors (Lipinski definition) is 1. The number of amides is 1.